The number of hydrogen-bond donors (Lipinski definition) is 1. The van der Waals surface area contributed by atoms with E-state index in [1.165, 1.54) is 11.3 Å². The molecule has 1 N–H and O–H groups in total. The highest BCUT2D eigenvalue weighted by atomic mass is 16.5. The Morgan fingerprint density at radius 2 is 1.54 bits per heavy atom. The first-order valence-corrected chi connectivity index (χ1v) is 9.63. The van der Waals surface area contributed by atoms with Crippen molar-refractivity contribution in [3.05, 3.63) is 66.2 Å². The van der Waals surface area contributed by atoms with Crippen molar-refractivity contribution in [1.29, 1.82) is 0 Å². The Kier molecular flexibility index (Phi) is 7.06. The van der Waals surface area contributed by atoms with Crippen LogP contribution >= 0.6 is 0 Å². The standard InChI is InChI=1S/C22H30N2O2/c1-2-22(19-9-5-3-6-10-19)26-18-21(25)17-23-13-15-24(16-14-23)20-11-7-4-8-12-20/h3-12,21-22,25H,2,13-18H2,1H3. The van der Waals surface area contributed by atoms with Crippen molar-refractivity contribution >= 4 is 5.69 Å². The second-order valence-corrected chi connectivity index (χ2v) is 6.92. The summed E-state index contributed by atoms with van der Waals surface area (Å²) in [4.78, 5) is 4.73. The maximum atomic E-state index is 10.4. The van der Waals surface area contributed by atoms with Crippen LogP contribution in [0.3, 0.4) is 0 Å². The average Bonchev–Trinajstić information content (AvgIpc) is 2.70. The number of piperazine rings is 1. The summed E-state index contributed by atoms with van der Waals surface area (Å²) in [6.07, 6.45) is 0.517. The van der Waals surface area contributed by atoms with Crippen LogP contribution < -0.4 is 4.90 Å². The molecule has 2 aromatic rings. The molecule has 2 unspecified atom stereocenters. The third-order valence-corrected chi connectivity index (χ3v) is 4.99. The molecule has 0 amide bonds. The molecular formula is C22H30N2O2. The molecule has 2 aromatic carbocycles. The van der Waals surface area contributed by atoms with Crippen LogP contribution in [0.2, 0.25) is 0 Å². The number of aliphatic hydroxyl groups excluding tert-OH is 1. The molecule has 1 saturated heterocycles. The number of nitrogens with zero attached hydrogens (tertiary/aromatic N) is 2. The number of hydrogen-bond acceptors (Lipinski definition) is 4. The number of para-hydroxylation sites is 1. The molecule has 1 aliphatic rings. The van der Waals surface area contributed by atoms with Crippen LogP contribution in [0.4, 0.5) is 5.69 Å². The van der Waals surface area contributed by atoms with E-state index in [0.29, 0.717) is 13.2 Å². The van der Waals surface area contributed by atoms with E-state index >= 15 is 0 Å². The largest absolute Gasteiger partial charge is 0.389 e. The number of anilines is 1. The van der Waals surface area contributed by atoms with Crippen LogP contribution in [-0.2, 0) is 4.74 Å². The zero-order chi connectivity index (χ0) is 18.2. The summed E-state index contributed by atoms with van der Waals surface area (Å²) in [5.41, 5.74) is 2.46. The van der Waals surface area contributed by atoms with E-state index in [4.69, 9.17) is 4.74 Å². The Morgan fingerprint density at radius 1 is 0.923 bits per heavy atom. The lowest BCUT2D eigenvalue weighted by Gasteiger charge is -2.37. The molecular weight excluding hydrogens is 324 g/mol. The fraction of sp³-hybridized carbons (Fsp3) is 0.455. The quantitative estimate of drug-likeness (QED) is 0.789. The number of benzene rings is 2. The highest BCUT2D eigenvalue weighted by Gasteiger charge is 2.20. The van der Waals surface area contributed by atoms with Crippen LogP contribution in [0.15, 0.2) is 60.7 Å². The molecule has 3 rings (SSSR count). The lowest BCUT2D eigenvalue weighted by atomic mass is 10.1. The molecule has 4 heteroatoms. The van der Waals surface area contributed by atoms with Gasteiger partial charge in [0.1, 0.15) is 0 Å². The van der Waals surface area contributed by atoms with Gasteiger partial charge in [0.25, 0.3) is 0 Å². The molecule has 0 spiro atoms. The average molecular weight is 354 g/mol. The summed E-state index contributed by atoms with van der Waals surface area (Å²) in [6, 6.07) is 20.8. The van der Waals surface area contributed by atoms with E-state index in [2.05, 4.69) is 59.2 Å². The molecule has 0 aromatic heterocycles. The predicted octanol–water partition coefficient (Wildman–Crippen LogP) is 3.34. The molecule has 1 aliphatic heterocycles. The van der Waals surface area contributed by atoms with E-state index in [9.17, 15) is 5.11 Å². The molecule has 0 saturated carbocycles. The van der Waals surface area contributed by atoms with Crippen LogP contribution in [0.1, 0.15) is 25.0 Å². The summed E-state index contributed by atoms with van der Waals surface area (Å²) in [5, 5.41) is 10.4. The molecule has 26 heavy (non-hydrogen) atoms. The van der Waals surface area contributed by atoms with E-state index in [-0.39, 0.29) is 6.10 Å². The zero-order valence-corrected chi connectivity index (χ0v) is 15.6. The second kappa shape index (κ2) is 9.72. The van der Waals surface area contributed by atoms with Crippen molar-refractivity contribution < 1.29 is 9.84 Å². The van der Waals surface area contributed by atoms with Gasteiger partial charge in [-0.3, -0.25) is 4.90 Å². The topological polar surface area (TPSA) is 35.9 Å². The minimum absolute atomic E-state index is 0.0563. The fourth-order valence-electron chi connectivity index (χ4n) is 3.52. The first-order valence-electron chi connectivity index (χ1n) is 9.63. The lowest BCUT2D eigenvalue weighted by Crippen LogP contribution is -2.49. The van der Waals surface area contributed by atoms with E-state index < -0.39 is 6.10 Å². The Hall–Kier alpha value is -1.88. The van der Waals surface area contributed by atoms with Gasteiger partial charge in [-0.25, -0.2) is 0 Å². The van der Waals surface area contributed by atoms with E-state index in [1.54, 1.807) is 0 Å². The van der Waals surface area contributed by atoms with Crippen molar-refractivity contribution in [2.75, 3.05) is 44.2 Å². The fourth-order valence-corrected chi connectivity index (χ4v) is 3.52. The Bertz CT molecular complexity index is 627. The van der Waals surface area contributed by atoms with E-state index in [0.717, 1.165) is 32.6 Å². The van der Waals surface area contributed by atoms with Gasteiger partial charge in [-0.2, -0.15) is 0 Å². The SMILES string of the molecule is CCC(OCC(O)CN1CCN(c2ccccc2)CC1)c1ccccc1. The van der Waals surface area contributed by atoms with Crippen LogP contribution in [0.25, 0.3) is 0 Å². The van der Waals surface area contributed by atoms with Gasteiger partial charge in [-0.05, 0) is 24.1 Å². The van der Waals surface area contributed by atoms with Gasteiger partial charge in [0.2, 0.25) is 0 Å². The molecule has 2 atom stereocenters. The molecule has 1 fully saturated rings. The van der Waals surface area contributed by atoms with Gasteiger partial charge in [-0.15, -0.1) is 0 Å². The van der Waals surface area contributed by atoms with Gasteiger partial charge < -0.3 is 14.7 Å². The lowest BCUT2D eigenvalue weighted by molar-refractivity contribution is -0.0240. The zero-order valence-electron chi connectivity index (χ0n) is 15.6. The Balaban J connectivity index is 1.41. The first-order chi connectivity index (χ1) is 12.8. The molecule has 0 radical (unpaired) electrons. The minimum Gasteiger partial charge on any atom is -0.389 e. The number of β-amino-alcohol motifs (C(OH)–C–C–N with tert-alkyl or cyclic N) is 1. The maximum Gasteiger partial charge on any atom is 0.0900 e. The molecule has 4 nitrogen and oxygen atoms in total. The number of ether oxygens (including phenoxy) is 1. The normalized spacial score (nSPS) is 17.8. The summed E-state index contributed by atoms with van der Waals surface area (Å²) in [6.45, 7) is 7.12. The van der Waals surface area contributed by atoms with E-state index in [1.807, 2.05) is 18.2 Å². The highest BCUT2D eigenvalue weighted by Crippen LogP contribution is 2.21. The van der Waals surface area contributed by atoms with Crippen molar-refractivity contribution in [3.63, 3.8) is 0 Å². The van der Waals surface area contributed by atoms with Gasteiger partial charge in [0.05, 0.1) is 18.8 Å². The van der Waals surface area contributed by atoms with Gasteiger partial charge >= 0.3 is 0 Å². The number of rotatable bonds is 8. The van der Waals surface area contributed by atoms with Crippen LogP contribution in [-0.4, -0.2) is 55.4 Å². The Morgan fingerprint density at radius 3 is 2.15 bits per heavy atom. The molecule has 1 heterocycles. The van der Waals surface area contributed by atoms with Gasteiger partial charge in [0.15, 0.2) is 0 Å². The maximum absolute atomic E-state index is 10.4. The summed E-state index contributed by atoms with van der Waals surface area (Å²) >= 11 is 0. The molecule has 140 valence electrons. The smallest absolute Gasteiger partial charge is 0.0900 e. The van der Waals surface area contributed by atoms with Gasteiger partial charge in [0, 0.05) is 38.4 Å². The summed E-state index contributed by atoms with van der Waals surface area (Å²) in [7, 11) is 0. The highest BCUT2D eigenvalue weighted by molar-refractivity contribution is 5.46. The molecule has 0 bridgehead atoms. The monoisotopic (exact) mass is 354 g/mol. The van der Waals surface area contributed by atoms with Crippen molar-refractivity contribution in [3.8, 4) is 0 Å². The van der Waals surface area contributed by atoms with Crippen molar-refractivity contribution in [1.82, 2.24) is 4.90 Å². The molecule has 0 aliphatic carbocycles. The van der Waals surface area contributed by atoms with Gasteiger partial charge in [-0.1, -0.05) is 55.5 Å². The van der Waals surface area contributed by atoms with Crippen LogP contribution in [0, 0.1) is 0 Å². The van der Waals surface area contributed by atoms with Crippen molar-refractivity contribution in [2.24, 2.45) is 0 Å². The third kappa shape index (κ3) is 5.31. The minimum atomic E-state index is -0.448. The first kappa shape index (κ1) is 18.9. The second-order valence-electron chi connectivity index (χ2n) is 6.92. The summed E-state index contributed by atoms with van der Waals surface area (Å²) < 4.78 is 5.98. The van der Waals surface area contributed by atoms with Crippen molar-refractivity contribution in [2.45, 2.75) is 25.6 Å². The van der Waals surface area contributed by atoms with Crippen LogP contribution in [0.5, 0.6) is 0 Å². The number of aliphatic hydroxyl groups is 1. The third-order valence-electron chi connectivity index (χ3n) is 4.99. The predicted molar refractivity (Wildman–Crippen MR) is 107 cm³/mol. The summed E-state index contributed by atoms with van der Waals surface area (Å²) in [5.74, 6) is 0. The Labute approximate surface area is 157 Å².